The number of aromatic nitrogens is 2. The molecule has 1 unspecified atom stereocenters. The van der Waals surface area contributed by atoms with E-state index < -0.39 is 0 Å². The summed E-state index contributed by atoms with van der Waals surface area (Å²) in [4.78, 5) is 11.4. The minimum atomic E-state index is -0.0276. The lowest BCUT2D eigenvalue weighted by Gasteiger charge is -2.06. The summed E-state index contributed by atoms with van der Waals surface area (Å²) in [6.45, 7) is 1.87. The summed E-state index contributed by atoms with van der Waals surface area (Å²) in [5, 5.41) is 6.69. The second-order valence-electron chi connectivity index (χ2n) is 2.77. The highest BCUT2D eigenvalue weighted by atomic mass is 32.2. The number of aryl methyl sites for hydroxylation is 1. The zero-order chi connectivity index (χ0) is 9.84. The molecule has 13 heavy (non-hydrogen) atoms. The van der Waals surface area contributed by atoms with Crippen LogP contribution in [0, 0.1) is 0 Å². The van der Waals surface area contributed by atoms with Gasteiger partial charge in [-0.1, -0.05) is 0 Å². The molecule has 1 aromatic heterocycles. The summed E-state index contributed by atoms with van der Waals surface area (Å²) < 4.78 is 1.65. The molecule has 1 rings (SSSR count). The van der Waals surface area contributed by atoms with Gasteiger partial charge >= 0.3 is 0 Å². The summed E-state index contributed by atoms with van der Waals surface area (Å²) in [5.74, 6) is 0.0144. The van der Waals surface area contributed by atoms with Crippen molar-refractivity contribution in [2.24, 2.45) is 7.05 Å². The molecule has 72 valence electrons. The van der Waals surface area contributed by atoms with E-state index in [-0.39, 0.29) is 11.2 Å². The Labute approximate surface area is 81.7 Å². The van der Waals surface area contributed by atoms with Gasteiger partial charge in [-0.3, -0.25) is 9.48 Å². The Balaban J connectivity index is 2.54. The van der Waals surface area contributed by atoms with Crippen molar-refractivity contribution in [1.82, 2.24) is 9.78 Å². The molecule has 0 aliphatic heterocycles. The number of nitrogens with one attached hydrogen (secondary N) is 1. The van der Waals surface area contributed by atoms with Crippen molar-refractivity contribution in [2.75, 3.05) is 11.6 Å². The lowest BCUT2D eigenvalue weighted by molar-refractivity contribution is -0.115. The highest BCUT2D eigenvalue weighted by Gasteiger charge is 2.11. The van der Waals surface area contributed by atoms with Crippen molar-refractivity contribution in [3.8, 4) is 0 Å². The van der Waals surface area contributed by atoms with Crippen LogP contribution in [0.1, 0.15) is 6.92 Å². The van der Waals surface area contributed by atoms with E-state index in [0.29, 0.717) is 0 Å². The average Bonchev–Trinajstić information content (AvgIpc) is 2.49. The third-order valence-electron chi connectivity index (χ3n) is 1.70. The first-order valence-electron chi connectivity index (χ1n) is 3.96. The van der Waals surface area contributed by atoms with Crippen molar-refractivity contribution in [1.29, 1.82) is 0 Å². The molecule has 0 radical (unpaired) electrons. The van der Waals surface area contributed by atoms with E-state index in [1.165, 1.54) is 11.8 Å². The Hall–Kier alpha value is -0.970. The van der Waals surface area contributed by atoms with E-state index in [1.54, 1.807) is 17.1 Å². The summed E-state index contributed by atoms with van der Waals surface area (Å²) in [6.07, 6.45) is 5.31. The Morgan fingerprint density at radius 2 is 2.46 bits per heavy atom. The van der Waals surface area contributed by atoms with Gasteiger partial charge in [0.15, 0.2) is 0 Å². The predicted molar refractivity (Wildman–Crippen MR) is 54.8 cm³/mol. The molecule has 0 spiro atoms. The molecule has 0 saturated heterocycles. The van der Waals surface area contributed by atoms with Crippen LogP contribution in [-0.2, 0) is 11.8 Å². The highest BCUT2D eigenvalue weighted by Crippen LogP contribution is 2.09. The first kappa shape index (κ1) is 10.1. The summed E-state index contributed by atoms with van der Waals surface area (Å²) in [6, 6.07) is 0. The summed E-state index contributed by atoms with van der Waals surface area (Å²) >= 11 is 1.52. The van der Waals surface area contributed by atoms with Gasteiger partial charge in [0, 0.05) is 13.2 Å². The lowest BCUT2D eigenvalue weighted by atomic mass is 10.4. The number of rotatable bonds is 3. The molecule has 1 heterocycles. The van der Waals surface area contributed by atoms with Crippen molar-refractivity contribution in [2.45, 2.75) is 12.2 Å². The van der Waals surface area contributed by atoms with Gasteiger partial charge in [-0.15, -0.1) is 0 Å². The standard InChI is InChI=1S/C8H13N3OS/c1-6(13-3)8(12)10-7-4-9-11(2)5-7/h4-6H,1-3H3,(H,10,12). The predicted octanol–water partition coefficient (Wildman–Crippen LogP) is 1.11. The maximum atomic E-state index is 11.4. The normalized spacial score (nSPS) is 12.5. The molecule has 1 amide bonds. The summed E-state index contributed by atoms with van der Waals surface area (Å²) in [7, 11) is 1.81. The van der Waals surface area contributed by atoms with Gasteiger partial charge in [-0.25, -0.2) is 0 Å². The van der Waals surface area contributed by atoms with Crippen LogP contribution in [-0.4, -0.2) is 27.2 Å². The van der Waals surface area contributed by atoms with Gasteiger partial charge in [0.05, 0.1) is 17.1 Å². The Morgan fingerprint density at radius 3 is 2.92 bits per heavy atom. The second kappa shape index (κ2) is 4.32. The molecule has 0 bridgehead atoms. The first-order valence-corrected chi connectivity index (χ1v) is 5.24. The molecule has 0 aromatic carbocycles. The van der Waals surface area contributed by atoms with Crippen LogP contribution < -0.4 is 5.32 Å². The number of nitrogens with zero attached hydrogens (tertiary/aromatic N) is 2. The van der Waals surface area contributed by atoms with Crippen LogP contribution in [0.15, 0.2) is 12.4 Å². The SMILES string of the molecule is CSC(C)C(=O)Nc1cnn(C)c1. The molecule has 0 saturated carbocycles. The van der Waals surface area contributed by atoms with E-state index in [2.05, 4.69) is 10.4 Å². The van der Waals surface area contributed by atoms with Crippen LogP contribution in [0.5, 0.6) is 0 Å². The van der Waals surface area contributed by atoms with E-state index in [9.17, 15) is 4.79 Å². The maximum Gasteiger partial charge on any atom is 0.237 e. The van der Waals surface area contributed by atoms with Gasteiger partial charge < -0.3 is 5.32 Å². The molecular weight excluding hydrogens is 186 g/mol. The number of carbonyl (C=O) groups is 1. The van der Waals surface area contributed by atoms with Crippen LogP contribution in [0.25, 0.3) is 0 Å². The van der Waals surface area contributed by atoms with Gasteiger partial charge in [0.25, 0.3) is 0 Å². The molecule has 4 nitrogen and oxygen atoms in total. The Bertz CT molecular complexity index is 297. The van der Waals surface area contributed by atoms with Crippen molar-refractivity contribution in [3.05, 3.63) is 12.4 Å². The van der Waals surface area contributed by atoms with E-state index >= 15 is 0 Å². The number of thioether (sulfide) groups is 1. The Morgan fingerprint density at radius 1 is 1.77 bits per heavy atom. The first-order chi connectivity index (χ1) is 6.13. The van der Waals surface area contributed by atoms with Crippen LogP contribution >= 0.6 is 11.8 Å². The summed E-state index contributed by atoms with van der Waals surface area (Å²) in [5.41, 5.74) is 0.744. The third-order valence-corrected chi connectivity index (χ3v) is 2.62. The molecule has 5 heteroatoms. The molecule has 0 aliphatic rings. The van der Waals surface area contributed by atoms with Gasteiger partial charge in [0.1, 0.15) is 0 Å². The molecule has 0 fully saturated rings. The van der Waals surface area contributed by atoms with Crippen LogP contribution in [0.4, 0.5) is 5.69 Å². The monoisotopic (exact) mass is 199 g/mol. The third kappa shape index (κ3) is 2.77. The highest BCUT2D eigenvalue weighted by molar-refractivity contribution is 7.99. The van der Waals surface area contributed by atoms with Crippen molar-refractivity contribution in [3.63, 3.8) is 0 Å². The largest absolute Gasteiger partial charge is 0.322 e. The maximum absolute atomic E-state index is 11.4. The number of carbonyl (C=O) groups excluding carboxylic acids is 1. The molecule has 1 N–H and O–H groups in total. The van der Waals surface area contributed by atoms with Gasteiger partial charge in [0.2, 0.25) is 5.91 Å². The zero-order valence-corrected chi connectivity index (χ0v) is 8.76. The fourth-order valence-electron chi connectivity index (χ4n) is 0.837. The van der Waals surface area contributed by atoms with Gasteiger partial charge in [-0.2, -0.15) is 16.9 Å². The fraction of sp³-hybridized carbons (Fsp3) is 0.500. The van der Waals surface area contributed by atoms with E-state index in [4.69, 9.17) is 0 Å². The topological polar surface area (TPSA) is 46.9 Å². The molecule has 1 aromatic rings. The zero-order valence-electron chi connectivity index (χ0n) is 7.94. The minimum absolute atomic E-state index is 0.0144. The second-order valence-corrected chi connectivity index (χ2v) is 3.95. The number of hydrogen-bond acceptors (Lipinski definition) is 3. The van der Waals surface area contributed by atoms with Crippen molar-refractivity contribution < 1.29 is 4.79 Å². The lowest BCUT2D eigenvalue weighted by Crippen LogP contribution is -2.21. The number of anilines is 1. The number of hydrogen-bond donors (Lipinski definition) is 1. The van der Waals surface area contributed by atoms with Crippen LogP contribution in [0.2, 0.25) is 0 Å². The number of amides is 1. The average molecular weight is 199 g/mol. The smallest absolute Gasteiger partial charge is 0.237 e. The van der Waals surface area contributed by atoms with E-state index in [0.717, 1.165) is 5.69 Å². The van der Waals surface area contributed by atoms with Gasteiger partial charge in [-0.05, 0) is 13.2 Å². The van der Waals surface area contributed by atoms with E-state index in [1.807, 2.05) is 20.2 Å². The van der Waals surface area contributed by atoms with Crippen LogP contribution in [0.3, 0.4) is 0 Å². The molecule has 1 atom stereocenters. The molecular formula is C8H13N3OS. The fourth-order valence-corrected chi connectivity index (χ4v) is 1.11. The molecule has 0 aliphatic carbocycles. The Kier molecular flexibility index (Phi) is 3.36. The quantitative estimate of drug-likeness (QED) is 0.793. The minimum Gasteiger partial charge on any atom is -0.322 e. The van der Waals surface area contributed by atoms with Crippen molar-refractivity contribution >= 4 is 23.4 Å².